The van der Waals surface area contributed by atoms with Crippen LogP contribution in [0.15, 0.2) is 42.6 Å². The molecule has 1 aromatic heterocycles. The van der Waals surface area contributed by atoms with Crippen molar-refractivity contribution in [2.75, 3.05) is 52.4 Å². The van der Waals surface area contributed by atoms with Gasteiger partial charge in [0.05, 0.1) is 11.7 Å². The van der Waals surface area contributed by atoms with Crippen molar-refractivity contribution in [3.63, 3.8) is 0 Å². The minimum absolute atomic E-state index is 0.464. The largest absolute Gasteiger partial charge is 0.308 e. The molecule has 178 valence electrons. The zero-order chi connectivity index (χ0) is 22.5. The average molecular weight is 448 g/mol. The molecule has 5 nitrogen and oxygen atoms in total. The number of aryl methyl sites for hydroxylation is 1. The second-order valence-electron chi connectivity index (χ2n) is 10.1. The van der Waals surface area contributed by atoms with Crippen LogP contribution in [-0.2, 0) is 19.4 Å². The van der Waals surface area contributed by atoms with Gasteiger partial charge in [-0.3, -0.25) is 9.88 Å². The van der Waals surface area contributed by atoms with Crippen molar-refractivity contribution in [2.24, 2.45) is 0 Å². The molecule has 1 fully saturated rings. The van der Waals surface area contributed by atoms with E-state index >= 15 is 0 Å². The lowest BCUT2D eigenvalue weighted by atomic mass is 9.89. The molecule has 1 saturated heterocycles. The van der Waals surface area contributed by atoms with Crippen LogP contribution < -0.4 is 5.32 Å². The second-order valence-corrected chi connectivity index (χ2v) is 10.1. The number of pyridine rings is 1. The Kier molecular flexibility index (Phi) is 7.72. The molecule has 0 unspecified atom stereocenters. The van der Waals surface area contributed by atoms with Crippen molar-refractivity contribution in [3.05, 3.63) is 65.0 Å². The molecule has 0 spiro atoms. The van der Waals surface area contributed by atoms with Gasteiger partial charge in [-0.2, -0.15) is 0 Å². The molecule has 0 radical (unpaired) electrons. The fourth-order valence-corrected chi connectivity index (χ4v) is 6.07. The Balaban J connectivity index is 1.25. The van der Waals surface area contributed by atoms with Crippen LogP contribution in [-0.4, -0.2) is 78.1 Å². The fourth-order valence-electron chi connectivity index (χ4n) is 6.07. The third-order valence-electron chi connectivity index (χ3n) is 8.06. The van der Waals surface area contributed by atoms with Crippen molar-refractivity contribution in [1.82, 2.24) is 25.0 Å². The molecule has 3 aliphatic rings. The maximum absolute atomic E-state index is 4.89. The van der Waals surface area contributed by atoms with Crippen LogP contribution in [0.25, 0.3) is 0 Å². The van der Waals surface area contributed by atoms with Gasteiger partial charge in [0.1, 0.15) is 0 Å². The summed E-state index contributed by atoms with van der Waals surface area (Å²) < 4.78 is 0. The summed E-state index contributed by atoms with van der Waals surface area (Å²) in [7, 11) is 0. The van der Waals surface area contributed by atoms with E-state index in [-0.39, 0.29) is 0 Å². The van der Waals surface area contributed by atoms with E-state index in [1.54, 1.807) is 0 Å². The number of aromatic nitrogens is 1. The van der Waals surface area contributed by atoms with E-state index in [1.165, 1.54) is 87.3 Å². The van der Waals surface area contributed by atoms with Crippen molar-refractivity contribution in [1.29, 1.82) is 0 Å². The summed E-state index contributed by atoms with van der Waals surface area (Å²) >= 11 is 0. The van der Waals surface area contributed by atoms with Gasteiger partial charge < -0.3 is 15.1 Å². The molecule has 3 heterocycles. The van der Waals surface area contributed by atoms with Gasteiger partial charge in [-0.1, -0.05) is 37.3 Å². The van der Waals surface area contributed by atoms with Gasteiger partial charge in [-0.15, -0.1) is 0 Å². The van der Waals surface area contributed by atoms with Crippen molar-refractivity contribution >= 4 is 0 Å². The second kappa shape index (κ2) is 11.1. The molecule has 1 aliphatic carbocycles. The minimum atomic E-state index is 0.464. The number of hydrogen-bond donors (Lipinski definition) is 1. The van der Waals surface area contributed by atoms with Crippen LogP contribution in [0, 0.1) is 0 Å². The monoisotopic (exact) mass is 447 g/mol. The summed E-state index contributed by atoms with van der Waals surface area (Å²) in [6, 6.07) is 14.3. The summed E-state index contributed by atoms with van der Waals surface area (Å²) in [5.74, 6) is 0. The number of hydrogen-bond acceptors (Lipinski definition) is 5. The van der Waals surface area contributed by atoms with E-state index in [9.17, 15) is 0 Å². The highest BCUT2D eigenvalue weighted by Gasteiger charge is 2.30. The zero-order valence-corrected chi connectivity index (χ0v) is 20.4. The highest BCUT2D eigenvalue weighted by molar-refractivity contribution is 5.30. The summed E-state index contributed by atoms with van der Waals surface area (Å²) in [4.78, 5) is 12.9. The smallest absolute Gasteiger partial charge is 0.0607 e. The molecule has 33 heavy (non-hydrogen) atoms. The van der Waals surface area contributed by atoms with Crippen molar-refractivity contribution in [3.8, 4) is 0 Å². The highest BCUT2D eigenvalue weighted by atomic mass is 15.3. The molecule has 2 atom stereocenters. The van der Waals surface area contributed by atoms with Gasteiger partial charge in [-0.25, -0.2) is 0 Å². The van der Waals surface area contributed by atoms with Gasteiger partial charge in [0, 0.05) is 58.1 Å². The quantitative estimate of drug-likeness (QED) is 0.670. The Morgan fingerprint density at radius 1 is 1.00 bits per heavy atom. The van der Waals surface area contributed by atoms with Crippen LogP contribution in [0.2, 0.25) is 0 Å². The van der Waals surface area contributed by atoms with E-state index in [1.807, 2.05) is 6.20 Å². The number of benzene rings is 1. The molecule has 1 N–H and O–H groups in total. The molecule has 0 bridgehead atoms. The molecule has 2 aliphatic heterocycles. The number of fused-ring (bicyclic) bond motifs is 2. The highest BCUT2D eigenvalue weighted by Crippen LogP contribution is 2.33. The van der Waals surface area contributed by atoms with Gasteiger partial charge in [0.2, 0.25) is 0 Å². The molecular weight excluding hydrogens is 406 g/mol. The first-order valence-electron chi connectivity index (χ1n) is 13.2. The van der Waals surface area contributed by atoms with Gasteiger partial charge in [0.25, 0.3) is 0 Å². The first kappa shape index (κ1) is 23.0. The molecule has 5 rings (SSSR count). The molecule has 5 heteroatoms. The molecule has 0 amide bonds. The third-order valence-corrected chi connectivity index (χ3v) is 8.06. The van der Waals surface area contributed by atoms with E-state index < -0.39 is 0 Å². The van der Waals surface area contributed by atoms with Crippen LogP contribution in [0.5, 0.6) is 0 Å². The topological polar surface area (TPSA) is 34.6 Å². The first-order chi connectivity index (χ1) is 16.3. The Morgan fingerprint density at radius 3 is 2.64 bits per heavy atom. The number of piperazine rings is 1. The summed E-state index contributed by atoms with van der Waals surface area (Å²) in [5.41, 5.74) is 5.81. The van der Waals surface area contributed by atoms with Crippen LogP contribution >= 0.6 is 0 Å². The Hall–Kier alpha value is -1.79. The van der Waals surface area contributed by atoms with Gasteiger partial charge in [0.15, 0.2) is 0 Å². The van der Waals surface area contributed by atoms with Crippen LogP contribution in [0.1, 0.15) is 54.6 Å². The zero-order valence-electron chi connectivity index (χ0n) is 20.4. The van der Waals surface area contributed by atoms with Crippen molar-refractivity contribution < 1.29 is 0 Å². The van der Waals surface area contributed by atoms with E-state index in [2.05, 4.69) is 63.3 Å². The SMILES string of the molecule is CCN1CCN(CCCN(C[C@H]2Cc3ccccc3CN2)[C@H]2CCCc3cccnc32)CC1. The standard InChI is InChI=1S/C28H41N5/c1-2-31-16-18-32(19-17-31)14-7-15-33(27-12-5-10-23-11-6-13-29-28(23)27)22-26-20-24-8-3-4-9-25(24)21-30-26/h3-4,6,8-9,11,13,26-27,30H,2,5,7,10,12,14-22H2,1H3/t26-,27+/m1/s1. The van der Waals surface area contributed by atoms with Crippen molar-refractivity contribution in [2.45, 2.75) is 57.7 Å². The normalized spacial score (nSPS) is 23.9. The Morgan fingerprint density at radius 2 is 1.79 bits per heavy atom. The number of likely N-dealkylation sites (N-methyl/N-ethyl adjacent to an activating group) is 1. The molecular formula is C28H41N5. The van der Waals surface area contributed by atoms with E-state index in [0.29, 0.717) is 12.1 Å². The maximum atomic E-state index is 4.89. The first-order valence-corrected chi connectivity index (χ1v) is 13.2. The maximum Gasteiger partial charge on any atom is 0.0607 e. The summed E-state index contributed by atoms with van der Waals surface area (Å²) in [5, 5.41) is 3.84. The lowest BCUT2D eigenvalue weighted by Gasteiger charge is -2.39. The van der Waals surface area contributed by atoms with E-state index in [0.717, 1.165) is 26.1 Å². The third kappa shape index (κ3) is 5.65. The molecule has 0 saturated carbocycles. The predicted molar refractivity (Wildman–Crippen MR) is 135 cm³/mol. The number of nitrogens with zero attached hydrogens (tertiary/aromatic N) is 4. The fraction of sp³-hybridized carbons (Fsp3) is 0.607. The Bertz CT molecular complexity index is 891. The summed E-state index contributed by atoms with van der Waals surface area (Å²) in [6.07, 6.45) is 8.08. The lowest BCUT2D eigenvalue weighted by Crippen LogP contribution is -2.48. The number of rotatable bonds is 8. The van der Waals surface area contributed by atoms with Crippen LogP contribution in [0.3, 0.4) is 0 Å². The minimum Gasteiger partial charge on any atom is -0.308 e. The average Bonchev–Trinajstić information content (AvgIpc) is 2.88. The van der Waals surface area contributed by atoms with Crippen LogP contribution in [0.4, 0.5) is 0 Å². The molecule has 2 aromatic rings. The van der Waals surface area contributed by atoms with E-state index in [4.69, 9.17) is 4.98 Å². The lowest BCUT2D eigenvalue weighted by molar-refractivity contribution is 0.116. The molecule has 1 aromatic carbocycles. The number of nitrogens with one attached hydrogen (secondary N) is 1. The Labute approximate surface area is 200 Å². The predicted octanol–water partition coefficient (Wildman–Crippen LogP) is 3.50. The van der Waals surface area contributed by atoms with Gasteiger partial charge in [-0.05, 0) is 68.0 Å². The summed E-state index contributed by atoms with van der Waals surface area (Å²) in [6.45, 7) is 12.9. The van der Waals surface area contributed by atoms with Gasteiger partial charge >= 0.3 is 0 Å².